The molecule has 0 aliphatic rings. The van der Waals surface area contributed by atoms with E-state index >= 15 is 0 Å². The topological polar surface area (TPSA) is 9.86 Å². The Balaban J connectivity index is 2.10. The summed E-state index contributed by atoms with van der Waals surface area (Å²) < 4.78 is 125. The van der Waals surface area contributed by atoms with Gasteiger partial charge in [-0.25, -0.2) is 0 Å². The van der Waals surface area contributed by atoms with Crippen LogP contribution in [0.2, 0.25) is 0 Å². The van der Waals surface area contributed by atoms with Gasteiger partial charge in [0.05, 0.1) is 30.2 Å². The average Bonchev–Trinajstić information content (AvgIpc) is 3.43. The van der Waals surface area contributed by atoms with Crippen LogP contribution in [-0.4, -0.2) is 9.13 Å². The Kier molecular flexibility index (Phi) is 2.26. The summed E-state index contributed by atoms with van der Waals surface area (Å²) in [6, 6.07) is -6.82. The van der Waals surface area contributed by atoms with E-state index in [1.807, 2.05) is 0 Å². The van der Waals surface area contributed by atoms with Crippen molar-refractivity contribution in [3.05, 3.63) is 96.0 Å². The van der Waals surface area contributed by atoms with E-state index < -0.39 is 94.7 Å². The number of fused-ring (bicyclic) bond motifs is 2. The van der Waals surface area contributed by atoms with E-state index in [0.29, 0.717) is 0 Å². The zero-order valence-corrected chi connectivity index (χ0v) is 18.9. The highest BCUT2D eigenvalue weighted by atomic mass is 15.0. The molecule has 5 aromatic rings. The molecule has 2 heterocycles. The predicted molar refractivity (Wildman–Crippen MR) is 138 cm³/mol. The van der Waals surface area contributed by atoms with Crippen molar-refractivity contribution in [2.24, 2.45) is 0 Å². The van der Waals surface area contributed by atoms with Crippen molar-refractivity contribution in [2.45, 2.75) is 52.4 Å². The predicted octanol–water partition coefficient (Wildman–Crippen LogP) is 8.17. The molecule has 32 heavy (non-hydrogen) atoms. The van der Waals surface area contributed by atoms with Gasteiger partial charge in [0.25, 0.3) is 0 Å². The van der Waals surface area contributed by atoms with E-state index in [1.165, 1.54) is 0 Å². The Bertz CT molecular complexity index is 2010. The lowest BCUT2D eigenvalue weighted by Gasteiger charge is -2.17. The third kappa shape index (κ3) is 3.35. The van der Waals surface area contributed by atoms with E-state index in [4.69, 9.17) is 15.1 Å². The molecule has 2 aromatic heterocycles. The van der Waals surface area contributed by atoms with Crippen molar-refractivity contribution in [2.75, 3.05) is 0 Å². The van der Waals surface area contributed by atoms with Crippen molar-refractivity contribution in [1.82, 2.24) is 9.13 Å². The Morgan fingerprint density at radius 3 is 1.38 bits per heavy atom. The molecule has 0 atom stereocenters. The molecule has 0 aliphatic heterocycles. The normalized spacial score (nSPS) is 18.8. The Morgan fingerprint density at radius 2 is 0.969 bits per heavy atom. The largest absolute Gasteiger partial charge is 0.316 e. The molecule has 0 amide bonds. The summed E-state index contributed by atoms with van der Waals surface area (Å²) in [7, 11) is 0. The number of nitrogens with zero attached hydrogens (tertiary/aromatic N) is 2. The molecule has 0 unspecified atom stereocenters. The molecule has 2 nitrogen and oxygen atoms in total. The SMILES string of the molecule is [2H]c1c([2H])c(-n2c([2H])c(C(C)(C)C)c3c([2H])c([2H])c([2H])c([2H])c32)c([2H])c(-n2c([2H])c(C(C)(C)C)c3c([2H])c([2H])c([2H])c([2H])c32)c1[2H]. The molecule has 0 saturated carbocycles. The molecule has 3 aromatic carbocycles. The van der Waals surface area contributed by atoms with Crippen LogP contribution in [0.1, 0.15) is 71.9 Å². The second kappa shape index (κ2) is 7.13. The van der Waals surface area contributed by atoms with Crippen LogP contribution in [-0.2, 0) is 10.8 Å². The van der Waals surface area contributed by atoms with Gasteiger partial charge in [-0.15, -0.1) is 0 Å². The van der Waals surface area contributed by atoms with E-state index in [9.17, 15) is 4.11 Å². The van der Waals surface area contributed by atoms with Crippen molar-refractivity contribution in [3.8, 4) is 11.4 Å². The van der Waals surface area contributed by atoms with Crippen LogP contribution < -0.4 is 0 Å². The third-order valence-corrected chi connectivity index (χ3v) is 5.28. The van der Waals surface area contributed by atoms with E-state index in [2.05, 4.69) is 0 Å². The molecule has 0 bridgehead atoms. The number of rotatable bonds is 2. The minimum atomic E-state index is -0.846. The van der Waals surface area contributed by atoms with E-state index in [-0.39, 0.29) is 45.3 Å². The highest BCUT2D eigenvalue weighted by Crippen LogP contribution is 2.36. The molecular formula is C30H32N2. The zero-order chi connectivity index (χ0) is 34.9. The standard InChI is InChI=1S/C30H32N2/c1-29(2,3)25-19-31(27-16-9-7-14-23(25)27)21-12-11-13-22(18-21)32-20-26(30(4,5)6)24-15-8-10-17-28(24)32/h7-20H,1-6H3/i7D,8D,9D,10D,11D,12D,13D,14D,15D,16D,17D,18D,19D,20D. The molecule has 162 valence electrons. The Labute approximate surface area is 210 Å². The average molecular weight is 435 g/mol. The van der Waals surface area contributed by atoms with Crippen molar-refractivity contribution >= 4 is 21.8 Å². The summed E-state index contributed by atoms with van der Waals surface area (Å²) in [6.07, 6.45) is -0.694. The van der Waals surface area contributed by atoms with Crippen LogP contribution in [0.3, 0.4) is 0 Å². The first-order valence-electron chi connectivity index (χ1n) is 17.3. The van der Waals surface area contributed by atoms with Gasteiger partial charge in [0, 0.05) is 34.5 Å². The minimum absolute atomic E-state index is 0.0158. The lowest BCUT2D eigenvalue weighted by Crippen LogP contribution is -2.10. The molecular weight excluding hydrogens is 388 g/mol. The van der Waals surface area contributed by atoms with Gasteiger partial charge in [-0.2, -0.15) is 0 Å². The maximum Gasteiger partial charge on any atom is 0.0826 e. The maximum absolute atomic E-state index is 9.40. The monoisotopic (exact) mass is 434 g/mol. The highest BCUT2D eigenvalue weighted by Gasteiger charge is 2.22. The van der Waals surface area contributed by atoms with Gasteiger partial charge in [0.15, 0.2) is 0 Å². The molecule has 0 spiro atoms. The fourth-order valence-corrected chi connectivity index (χ4v) is 3.72. The highest BCUT2D eigenvalue weighted by molar-refractivity contribution is 5.88. The smallest absolute Gasteiger partial charge is 0.0826 e. The molecule has 0 fully saturated rings. The molecule has 0 radical (unpaired) electrons. The number of para-hydroxylation sites is 2. The van der Waals surface area contributed by atoms with Gasteiger partial charge in [0.1, 0.15) is 0 Å². The van der Waals surface area contributed by atoms with Crippen LogP contribution in [0.4, 0.5) is 0 Å². The molecule has 0 saturated heterocycles. The lowest BCUT2D eigenvalue weighted by molar-refractivity contribution is 0.594. The molecule has 0 N–H and O–H groups in total. The van der Waals surface area contributed by atoms with Crippen LogP contribution in [0, 0.1) is 0 Å². The summed E-state index contributed by atoms with van der Waals surface area (Å²) in [4.78, 5) is 0. The van der Waals surface area contributed by atoms with Gasteiger partial charge in [-0.05, 0) is 52.2 Å². The summed E-state index contributed by atoms with van der Waals surface area (Å²) >= 11 is 0. The summed E-state index contributed by atoms with van der Waals surface area (Å²) in [5.41, 5.74) is -2.52. The number of hydrogen-bond acceptors (Lipinski definition) is 0. The van der Waals surface area contributed by atoms with Crippen LogP contribution in [0.15, 0.2) is 84.9 Å². The molecule has 0 aliphatic carbocycles. The number of aromatic nitrogens is 2. The van der Waals surface area contributed by atoms with Gasteiger partial charge in [-0.1, -0.05) is 83.8 Å². The van der Waals surface area contributed by atoms with Crippen molar-refractivity contribution in [1.29, 1.82) is 0 Å². The van der Waals surface area contributed by atoms with Crippen LogP contribution in [0.5, 0.6) is 0 Å². The second-order valence-electron chi connectivity index (χ2n) is 9.79. The number of hydrogen-bond donors (Lipinski definition) is 0. The second-order valence-corrected chi connectivity index (χ2v) is 9.79. The van der Waals surface area contributed by atoms with Crippen molar-refractivity contribution in [3.63, 3.8) is 0 Å². The third-order valence-electron chi connectivity index (χ3n) is 5.28. The fourth-order valence-electron chi connectivity index (χ4n) is 3.72. The first-order valence-corrected chi connectivity index (χ1v) is 10.3. The van der Waals surface area contributed by atoms with Gasteiger partial charge < -0.3 is 9.13 Å². The number of benzene rings is 3. The first kappa shape index (κ1) is 10.1. The lowest BCUT2D eigenvalue weighted by atomic mass is 9.87. The Morgan fingerprint density at radius 1 is 0.562 bits per heavy atom. The quantitative estimate of drug-likeness (QED) is 0.265. The summed E-state index contributed by atoms with van der Waals surface area (Å²) in [6.45, 7) is 10.5. The minimum Gasteiger partial charge on any atom is -0.316 e. The molecule has 2 heteroatoms. The maximum atomic E-state index is 9.40. The summed E-state index contributed by atoms with van der Waals surface area (Å²) in [5.74, 6) is 0. The van der Waals surface area contributed by atoms with Gasteiger partial charge in [0.2, 0.25) is 0 Å². The summed E-state index contributed by atoms with van der Waals surface area (Å²) in [5, 5.41) is 0.0316. The van der Waals surface area contributed by atoms with Crippen LogP contribution >= 0.6 is 0 Å². The van der Waals surface area contributed by atoms with E-state index in [0.717, 1.165) is 9.13 Å². The van der Waals surface area contributed by atoms with Gasteiger partial charge >= 0.3 is 0 Å². The first-order chi connectivity index (χ1) is 21.0. The van der Waals surface area contributed by atoms with Crippen LogP contribution in [0.25, 0.3) is 33.2 Å². The van der Waals surface area contributed by atoms with Crippen molar-refractivity contribution < 1.29 is 19.2 Å². The van der Waals surface area contributed by atoms with E-state index in [1.54, 1.807) is 41.5 Å². The zero-order valence-electron chi connectivity index (χ0n) is 32.9. The molecule has 5 rings (SSSR count). The van der Waals surface area contributed by atoms with Gasteiger partial charge in [-0.3, -0.25) is 0 Å². The Hall–Kier alpha value is -3.26. The fraction of sp³-hybridized carbons (Fsp3) is 0.267.